The summed E-state index contributed by atoms with van der Waals surface area (Å²) in [5.41, 5.74) is 2.07. The number of hydrogen-bond acceptors (Lipinski definition) is 2. The average Bonchev–Trinajstić information content (AvgIpc) is 2.16. The number of pyridine rings is 1. The Bertz CT molecular complexity index is 207. The standard InChI is InChI=1S/C9H12ClNO/c1-3-8-4-7(6-10)5-9(11-8)12-2/h4-5H,3,6H2,1-2H3. The van der Waals surface area contributed by atoms with E-state index in [0.717, 1.165) is 17.7 Å². The molecule has 0 aliphatic heterocycles. The lowest BCUT2D eigenvalue weighted by atomic mass is 10.2. The van der Waals surface area contributed by atoms with Gasteiger partial charge in [-0.05, 0) is 18.1 Å². The third-order valence-electron chi connectivity index (χ3n) is 1.64. The van der Waals surface area contributed by atoms with Gasteiger partial charge in [-0.3, -0.25) is 0 Å². The number of ether oxygens (including phenoxy) is 1. The van der Waals surface area contributed by atoms with Gasteiger partial charge in [0.25, 0.3) is 0 Å². The van der Waals surface area contributed by atoms with Gasteiger partial charge in [-0.25, -0.2) is 4.98 Å². The predicted molar refractivity (Wildman–Crippen MR) is 49.7 cm³/mol. The normalized spacial score (nSPS) is 9.92. The molecule has 0 saturated carbocycles. The molecular weight excluding hydrogens is 174 g/mol. The molecule has 0 amide bonds. The highest BCUT2D eigenvalue weighted by Gasteiger charge is 1.99. The summed E-state index contributed by atoms with van der Waals surface area (Å²) in [4.78, 5) is 4.24. The summed E-state index contributed by atoms with van der Waals surface area (Å²) in [7, 11) is 1.61. The first-order valence-electron chi connectivity index (χ1n) is 3.90. The largest absolute Gasteiger partial charge is 0.481 e. The SMILES string of the molecule is CCc1cc(CCl)cc(OC)n1. The summed E-state index contributed by atoms with van der Waals surface area (Å²) in [6, 6.07) is 3.85. The summed E-state index contributed by atoms with van der Waals surface area (Å²) >= 11 is 5.70. The van der Waals surface area contributed by atoms with E-state index in [1.54, 1.807) is 7.11 Å². The number of methoxy groups -OCH3 is 1. The molecule has 0 saturated heterocycles. The zero-order valence-corrected chi connectivity index (χ0v) is 8.06. The molecule has 1 rings (SSSR count). The van der Waals surface area contributed by atoms with Gasteiger partial charge in [-0.2, -0.15) is 0 Å². The molecule has 2 nitrogen and oxygen atoms in total. The maximum absolute atomic E-state index is 5.70. The van der Waals surface area contributed by atoms with E-state index in [1.807, 2.05) is 12.1 Å². The Hall–Kier alpha value is -0.760. The topological polar surface area (TPSA) is 22.1 Å². The summed E-state index contributed by atoms with van der Waals surface area (Å²) in [6.07, 6.45) is 0.904. The molecule has 1 aromatic heterocycles. The van der Waals surface area contributed by atoms with Gasteiger partial charge in [0.2, 0.25) is 5.88 Å². The molecule has 0 N–H and O–H groups in total. The van der Waals surface area contributed by atoms with Crippen LogP contribution >= 0.6 is 11.6 Å². The van der Waals surface area contributed by atoms with Crippen LogP contribution in [0.2, 0.25) is 0 Å². The molecule has 0 unspecified atom stereocenters. The molecule has 1 heterocycles. The van der Waals surface area contributed by atoms with Crippen molar-refractivity contribution < 1.29 is 4.74 Å². The van der Waals surface area contributed by atoms with Gasteiger partial charge in [0.1, 0.15) is 0 Å². The molecule has 66 valence electrons. The third-order valence-corrected chi connectivity index (χ3v) is 1.95. The number of rotatable bonds is 3. The Morgan fingerprint density at radius 3 is 2.75 bits per heavy atom. The fourth-order valence-corrected chi connectivity index (χ4v) is 1.14. The Kier molecular flexibility index (Phi) is 3.35. The first kappa shape index (κ1) is 9.33. The molecule has 1 aromatic rings. The van der Waals surface area contributed by atoms with E-state index < -0.39 is 0 Å². The maximum atomic E-state index is 5.70. The van der Waals surface area contributed by atoms with E-state index in [2.05, 4.69) is 11.9 Å². The maximum Gasteiger partial charge on any atom is 0.213 e. The molecule has 12 heavy (non-hydrogen) atoms. The fourth-order valence-electron chi connectivity index (χ4n) is 0.983. The third kappa shape index (κ3) is 2.11. The van der Waals surface area contributed by atoms with E-state index in [-0.39, 0.29) is 0 Å². The van der Waals surface area contributed by atoms with Gasteiger partial charge in [0.15, 0.2) is 0 Å². The molecule has 0 aliphatic rings. The van der Waals surface area contributed by atoms with Crippen molar-refractivity contribution in [3.63, 3.8) is 0 Å². The van der Waals surface area contributed by atoms with Crippen molar-refractivity contribution in [3.8, 4) is 5.88 Å². The smallest absolute Gasteiger partial charge is 0.213 e. The van der Waals surface area contributed by atoms with Crippen molar-refractivity contribution in [1.29, 1.82) is 0 Å². The van der Waals surface area contributed by atoms with Crippen molar-refractivity contribution in [2.24, 2.45) is 0 Å². The highest BCUT2D eigenvalue weighted by molar-refractivity contribution is 6.17. The van der Waals surface area contributed by atoms with Crippen molar-refractivity contribution in [1.82, 2.24) is 4.98 Å². The van der Waals surface area contributed by atoms with Gasteiger partial charge in [-0.1, -0.05) is 6.92 Å². The highest BCUT2D eigenvalue weighted by Crippen LogP contribution is 2.14. The van der Waals surface area contributed by atoms with Crippen LogP contribution in [0.25, 0.3) is 0 Å². The molecule has 0 spiro atoms. The minimum atomic E-state index is 0.506. The van der Waals surface area contributed by atoms with Crippen molar-refractivity contribution in [3.05, 3.63) is 23.4 Å². The molecule has 0 aromatic carbocycles. The number of aryl methyl sites for hydroxylation is 1. The first-order valence-corrected chi connectivity index (χ1v) is 4.43. The number of halogens is 1. The van der Waals surface area contributed by atoms with Gasteiger partial charge in [-0.15, -0.1) is 11.6 Å². The number of nitrogens with zero attached hydrogens (tertiary/aromatic N) is 1. The zero-order chi connectivity index (χ0) is 8.97. The van der Waals surface area contributed by atoms with Gasteiger partial charge >= 0.3 is 0 Å². The van der Waals surface area contributed by atoms with Crippen LogP contribution in [0.15, 0.2) is 12.1 Å². The van der Waals surface area contributed by atoms with E-state index in [1.165, 1.54) is 0 Å². The van der Waals surface area contributed by atoms with Crippen LogP contribution in [0.1, 0.15) is 18.2 Å². The molecule has 0 atom stereocenters. The minimum Gasteiger partial charge on any atom is -0.481 e. The lowest BCUT2D eigenvalue weighted by Crippen LogP contribution is -1.94. The van der Waals surface area contributed by atoms with Crippen molar-refractivity contribution >= 4 is 11.6 Å². The molecule has 0 aliphatic carbocycles. The second-order valence-corrected chi connectivity index (χ2v) is 2.76. The zero-order valence-electron chi connectivity index (χ0n) is 7.30. The summed E-state index contributed by atoms with van der Waals surface area (Å²) in [5.74, 6) is 1.15. The highest BCUT2D eigenvalue weighted by atomic mass is 35.5. The number of aromatic nitrogens is 1. The Morgan fingerprint density at radius 2 is 2.25 bits per heavy atom. The van der Waals surface area contributed by atoms with E-state index >= 15 is 0 Å². The summed E-state index contributed by atoms with van der Waals surface area (Å²) in [5, 5.41) is 0. The van der Waals surface area contributed by atoms with Crippen LogP contribution in [0.3, 0.4) is 0 Å². The molecule has 0 fully saturated rings. The van der Waals surface area contributed by atoms with Gasteiger partial charge in [0, 0.05) is 17.6 Å². The van der Waals surface area contributed by atoms with Crippen molar-refractivity contribution in [2.75, 3.05) is 7.11 Å². The first-order chi connectivity index (χ1) is 5.80. The van der Waals surface area contributed by atoms with E-state index in [4.69, 9.17) is 16.3 Å². The van der Waals surface area contributed by atoms with Crippen molar-refractivity contribution in [2.45, 2.75) is 19.2 Å². The summed E-state index contributed by atoms with van der Waals surface area (Å²) < 4.78 is 5.03. The molecule has 0 bridgehead atoms. The van der Waals surface area contributed by atoms with Crippen LogP contribution in [0, 0.1) is 0 Å². The van der Waals surface area contributed by atoms with Crippen LogP contribution in [0.4, 0.5) is 0 Å². The van der Waals surface area contributed by atoms with Gasteiger partial charge in [0.05, 0.1) is 7.11 Å². The minimum absolute atomic E-state index is 0.506. The monoisotopic (exact) mass is 185 g/mol. The van der Waals surface area contributed by atoms with E-state index in [9.17, 15) is 0 Å². The molecule has 0 radical (unpaired) electrons. The molecular formula is C9H12ClNO. The molecule has 3 heteroatoms. The Labute approximate surface area is 77.5 Å². The van der Waals surface area contributed by atoms with Crippen LogP contribution in [-0.2, 0) is 12.3 Å². The second-order valence-electron chi connectivity index (χ2n) is 2.50. The van der Waals surface area contributed by atoms with E-state index in [0.29, 0.717) is 11.8 Å². The second kappa shape index (κ2) is 4.31. The number of alkyl halides is 1. The van der Waals surface area contributed by atoms with Crippen LogP contribution in [-0.4, -0.2) is 12.1 Å². The number of hydrogen-bond donors (Lipinski definition) is 0. The lowest BCUT2D eigenvalue weighted by molar-refractivity contribution is 0.396. The predicted octanol–water partition coefficient (Wildman–Crippen LogP) is 2.39. The summed E-state index contributed by atoms with van der Waals surface area (Å²) in [6.45, 7) is 2.06. The lowest BCUT2D eigenvalue weighted by Gasteiger charge is -2.03. The Morgan fingerprint density at radius 1 is 1.50 bits per heavy atom. The quantitative estimate of drug-likeness (QED) is 0.675. The van der Waals surface area contributed by atoms with Crippen LogP contribution < -0.4 is 4.74 Å². The Balaban J connectivity index is 3.01. The van der Waals surface area contributed by atoms with Gasteiger partial charge < -0.3 is 4.74 Å². The fraction of sp³-hybridized carbons (Fsp3) is 0.444. The average molecular weight is 186 g/mol. The van der Waals surface area contributed by atoms with Crippen LogP contribution in [0.5, 0.6) is 5.88 Å².